The molecule has 2 rings (SSSR count). The number of carbonyl (C=O) groups excluding carboxylic acids is 1. The first kappa shape index (κ1) is 19.7. The summed E-state index contributed by atoms with van der Waals surface area (Å²) in [4.78, 5) is 14.3. The van der Waals surface area contributed by atoms with Gasteiger partial charge in [0.2, 0.25) is 0 Å². The second kappa shape index (κ2) is 8.19. The van der Waals surface area contributed by atoms with Crippen molar-refractivity contribution in [1.82, 2.24) is 10.2 Å². The molecule has 1 aliphatic heterocycles. The molecule has 0 radical (unpaired) electrons. The van der Waals surface area contributed by atoms with Crippen molar-refractivity contribution in [2.45, 2.75) is 64.8 Å². The number of alkyl carbamates (subject to hydrolysis) is 1. The van der Waals surface area contributed by atoms with E-state index in [9.17, 15) is 9.90 Å². The number of rotatable bonds is 4. The Hall–Kier alpha value is -1.59. The third kappa shape index (κ3) is 5.72. The number of nitrogens with one attached hydrogen (secondary N) is 1. The lowest BCUT2D eigenvalue weighted by Crippen LogP contribution is -2.55. The fourth-order valence-corrected chi connectivity index (χ4v) is 3.50. The van der Waals surface area contributed by atoms with Gasteiger partial charge >= 0.3 is 6.09 Å². The molecular formula is C20H32N2O3. The second-order valence-electron chi connectivity index (χ2n) is 8.20. The van der Waals surface area contributed by atoms with E-state index in [-0.39, 0.29) is 12.1 Å². The number of carbonyl (C=O) groups is 1. The molecule has 1 fully saturated rings. The number of benzene rings is 1. The first-order chi connectivity index (χ1) is 11.7. The Morgan fingerprint density at radius 1 is 1.28 bits per heavy atom. The molecule has 2 N–H and O–H groups in total. The van der Waals surface area contributed by atoms with Crippen LogP contribution in [0.5, 0.6) is 0 Å². The molecule has 3 atom stereocenters. The van der Waals surface area contributed by atoms with Crippen LogP contribution in [0.25, 0.3) is 0 Å². The van der Waals surface area contributed by atoms with Crippen molar-refractivity contribution >= 4 is 6.09 Å². The SMILES string of the molecule is CC(C)C(c1ccccc1)N1CC[C@H](NC(=O)OC(C)(C)C)[C@@H](O)C1. The maximum Gasteiger partial charge on any atom is 0.407 e. The van der Waals surface area contributed by atoms with E-state index in [1.165, 1.54) is 5.56 Å². The van der Waals surface area contributed by atoms with Crippen molar-refractivity contribution < 1.29 is 14.6 Å². The Kier molecular flexibility index (Phi) is 6.47. The van der Waals surface area contributed by atoms with E-state index in [0.717, 1.165) is 6.54 Å². The van der Waals surface area contributed by atoms with Gasteiger partial charge in [0.25, 0.3) is 0 Å². The van der Waals surface area contributed by atoms with Gasteiger partial charge in [0.15, 0.2) is 0 Å². The summed E-state index contributed by atoms with van der Waals surface area (Å²) in [6.45, 7) is 11.3. The summed E-state index contributed by atoms with van der Waals surface area (Å²) in [5.74, 6) is 0.435. The molecule has 5 heteroatoms. The number of hydrogen-bond acceptors (Lipinski definition) is 4. The summed E-state index contributed by atoms with van der Waals surface area (Å²) in [6.07, 6.45) is -0.365. The fraction of sp³-hybridized carbons (Fsp3) is 0.650. The number of aliphatic hydroxyl groups is 1. The molecule has 5 nitrogen and oxygen atoms in total. The normalized spacial score (nSPS) is 23.3. The van der Waals surface area contributed by atoms with Gasteiger partial charge in [0.05, 0.1) is 12.1 Å². The Morgan fingerprint density at radius 3 is 2.44 bits per heavy atom. The molecule has 0 spiro atoms. The maximum absolute atomic E-state index is 12.0. The standard InChI is InChI=1S/C20H32N2O3/c1-14(2)18(15-9-7-6-8-10-15)22-12-11-16(17(23)13-22)21-19(24)25-20(3,4)5/h6-10,14,16-18,23H,11-13H2,1-5H3,(H,21,24)/t16-,17-,18?/m0/s1. The van der Waals surface area contributed by atoms with Gasteiger partial charge in [-0.2, -0.15) is 0 Å². The van der Waals surface area contributed by atoms with E-state index in [2.05, 4.69) is 48.3 Å². The van der Waals surface area contributed by atoms with Crippen molar-refractivity contribution in [3.05, 3.63) is 35.9 Å². The van der Waals surface area contributed by atoms with Crippen molar-refractivity contribution in [2.24, 2.45) is 5.92 Å². The first-order valence-electron chi connectivity index (χ1n) is 9.14. The Bertz CT molecular complexity index is 554. The summed E-state index contributed by atoms with van der Waals surface area (Å²) in [5.41, 5.74) is 0.731. The number of amides is 1. The Balaban J connectivity index is 1.99. The molecule has 1 heterocycles. The number of likely N-dealkylation sites (tertiary alicyclic amines) is 1. The van der Waals surface area contributed by atoms with Gasteiger partial charge in [0.1, 0.15) is 5.60 Å². The highest BCUT2D eigenvalue weighted by molar-refractivity contribution is 5.68. The average Bonchev–Trinajstić information content (AvgIpc) is 2.49. The van der Waals surface area contributed by atoms with Crippen LogP contribution in [-0.4, -0.2) is 46.9 Å². The number of nitrogens with zero attached hydrogens (tertiary/aromatic N) is 1. The molecular weight excluding hydrogens is 316 g/mol. The smallest absolute Gasteiger partial charge is 0.407 e. The molecule has 25 heavy (non-hydrogen) atoms. The van der Waals surface area contributed by atoms with Crippen LogP contribution >= 0.6 is 0 Å². The van der Waals surface area contributed by atoms with Gasteiger partial charge < -0.3 is 15.2 Å². The fourth-order valence-electron chi connectivity index (χ4n) is 3.50. The molecule has 0 bridgehead atoms. The van der Waals surface area contributed by atoms with Crippen LogP contribution in [0.15, 0.2) is 30.3 Å². The van der Waals surface area contributed by atoms with Gasteiger partial charge in [-0.15, -0.1) is 0 Å². The summed E-state index contributed by atoms with van der Waals surface area (Å²) in [5, 5.41) is 13.4. The monoisotopic (exact) mass is 348 g/mol. The van der Waals surface area contributed by atoms with E-state index >= 15 is 0 Å². The largest absolute Gasteiger partial charge is 0.444 e. The predicted octanol–water partition coefficient (Wildman–Crippen LogP) is 3.34. The van der Waals surface area contributed by atoms with Crippen LogP contribution < -0.4 is 5.32 Å². The lowest BCUT2D eigenvalue weighted by molar-refractivity contribution is 0.00102. The number of β-amino-alcohol motifs (C(OH)–C–C–N with tert-alkyl or cyclic N) is 1. The van der Waals surface area contributed by atoms with Crippen molar-refractivity contribution in [1.29, 1.82) is 0 Å². The Morgan fingerprint density at radius 2 is 1.92 bits per heavy atom. The lowest BCUT2D eigenvalue weighted by atomic mass is 9.91. The molecule has 0 aliphatic carbocycles. The predicted molar refractivity (Wildman–Crippen MR) is 99.4 cm³/mol. The van der Waals surface area contributed by atoms with Crippen LogP contribution in [0, 0.1) is 5.92 Å². The minimum absolute atomic E-state index is 0.262. The highest BCUT2D eigenvalue weighted by atomic mass is 16.6. The minimum atomic E-state index is -0.605. The van der Waals surface area contributed by atoms with Gasteiger partial charge in [-0.1, -0.05) is 44.2 Å². The van der Waals surface area contributed by atoms with E-state index in [4.69, 9.17) is 4.74 Å². The van der Waals surface area contributed by atoms with Gasteiger partial charge in [-0.3, -0.25) is 4.90 Å². The zero-order chi connectivity index (χ0) is 18.6. The summed E-state index contributed by atoms with van der Waals surface area (Å²) in [7, 11) is 0. The van der Waals surface area contributed by atoms with Crippen LogP contribution in [0.2, 0.25) is 0 Å². The molecule has 1 saturated heterocycles. The summed E-state index contributed by atoms with van der Waals surface area (Å²) in [6, 6.07) is 10.4. The third-order valence-electron chi connectivity index (χ3n) is 4.48. The van der Waals surface area contributed by atoms with E-state index in [1.54, 1.807) is 0 Å². The maximum atomic E-state index is 12.0. The molecule has 1 unspecified atom stereocenters. The molecule has 1 amide bonds. The minimum Gasteiger partial charge on any atom is -0.444 e. The van der Waals surface area contributed by atoms with Gasteiger partial charge in [0, 0.05) is 19.1 Å². The number of aliphatic hydroxyl groups excluding tert-OH is 1. The van der Waals surface area contributed by atoms with Crippen molar-refractivity contribution in [3.8, 4) is 0 Å². The molecule has 1 aromatic rings. The van der Waals surface area contributed by atoms with E-state index in [0.29, 0.717) is 18.9 Å². The van der Waals surface area contributed by atoms with Crippen molar-refractivity contribution in [2.75, 3.05) is 13.1 Å². The highest BCUT2D eigenvalue weighted by Crippen LogP contribution is 2.31. The van der Waals surface area contributed by atoms with Crippen LogP contribution in [-0.2, 0) is 4.74 Å². The zero-order valence-corrected chi connectivity index (χ0v) is 16.0. The molecule has 0 aromatic heterocycles. The summed E-state index contributed by atoms with van der Waals surface area (Å²) >= 11 is 0. The third-order valence-corrected chi connectivity index (χ3v) is 4.48. The Labute approximate surface area is 151 Å². The molecule has 1 aliphatic rings. The lowest BCUT2D eigenvalue weighted by Gasteiger charge is -2.42. The van der Waals surface area contributed by atoms with Crippen molar-refractivity contribution in [3.63, 3.8) is 0 Å². The summed E-state index contributed by atoms with van der Waals surface area (Å²) < 4.78 is 5.30. The number of ether oxygens (including phenoxy) is 1. The molecule has 0 saturated carbocycles. The quantitative estimate of drug-likeness (QED) is 0.876. The zero-order valence-electron chi connectivity index (χ0n) is 16.0. The number of hydrogen-bond donors (Lipinski definition) is 2. The first-order valence-corrected chi connectivity index (χ1v) is 9.14. The average molecular weight is 348 g/mol. The van der Waals surface area contributed by atoms with Crippen LogP contribution in [0.1, 0.15) is 52.6 Å². The van der Waals surface area contributed by atoms with Crippen LogP contribution in [0.3, 0.4) is 0 Å². The van der Waals surface area contributed by atoms with Gasteiger partial charge in [-0.25, -0.2) is 4.79 Å². The molecule has 140 valence electrons. The number of piperidine rings is 1. The van der Waals surface area contributed by atoms with E-state index in [1.807, 2.05) is 26.8 Å². The second-order valence-corrected chi connectivity index (χ2v) is 8.20. The van der Waals surface area contributed by atoms with Crippen LogP contribution in [0.4, 0.5) is 4.79 Å². The molecule has 1 aromatic carbocycles. The topological polar surface area (TPSA) is 61.8 Å². The van der Waals surface area contributed by atoms with E-state index < -0.39 is 17.8 Å². The van der Waals surface area contributed by atoms with Gasteiger partial charge in [-0.05, 0) is 38.7 Å². The highest BCUT2D eigenvalue weighted by Gasteiger charge is 2.34.